The first-order valence-corrected chi connectivity index (χ1v) is 6.06. The lowest BCUT2D eigenvalue weighted by Gasteiger charge is -2.20. The third kappa shape index (κ3) is 2.34. The van der Waals surface area contributed by atoms with Gasteiger partial charge in [-0.2, -0.15) is 4.98 Å². The highest BCUT2D eigenvalue weighted by atomic mass is 79.9. The van der Waals surface area contributed by atoms with Crippen molar-refractivity contribution in [2.24, 2.45) is 0 Å². The maximum absolute atomic E-state index is 12.0. The molecule has 16 heavy (non-hydrogen) atoms. The number of halogens is 1. The molecule has 2 rings (SSSR count). The van der Waals surface area contributed by atoms with Crippen molar-refractivity contribution in [2.75, 3.05) is 12.3 Å². The number of rotatable bonds is 4. The van der Waals surface area contributed by atoms with Gasteiger partial charge in [-0.25, -0.2) is 4.68 Å². The maximum Gasteiger partial charge on any atom is 0.244 e. The Kier molecular flexibility index (Phi) is 3.13. The van der Waals surface area contributed by atoms with Crippen LogP contribution in [0.4, 0.5) is 5.95 Å². The van der Waals surface area contributed by atoms with Crippen LogP contribution in [-0.2, 0) is 11.3 Å². The van der Waals surface area contributed by atoms with E-state index in [4.69, 9.17) is 5.73 Å². The summed E-state index contributed by atoms with van der Waals surface area (Å²) in [5, 5.41) is 3.94. The molecular weight excluding hydrogens is 274 g/mol. The van der Waals surface area contributed by atoms with Gasteiger partial charge in [-0.05, 0) is 35.7 Å². The Labute approximate surface area is 102 Å². The summed E-state index contributed by atoms with van der Waals surface area (Å²) >= 11 is 3.21. The molecule has 1 heterocycles. The Morgan fingerprint density at radius 3 is 2.81 bits per heavy atom. The summed E-state index contributed by atoms with van der Waals surface area (Å²) in [5.41, 5.74) is 5.44. The molecule has 1 saturated carbocycles. The highest BCUT2D eigenvalue weighted by Gasteiger charge is 2.31. The van der Waals surface area contributed by atoms with Crippen molar-refractivity contribution in [2.45, 2.75) is 32.4 Å². The van der Waals surface area contributed by atoms with E-state index in [2.05, 4.69) is 26.0 Å². The summed E-state index contributed by atoms with van der Waals surface area (Å²) in [6.07, 6.45) is 2.22. The number of carbonyl (C=O) groups is 1. The second kappa shape index (κ2) is 4.40. The first-order chi connectivity index (χ1) is 7.61. The number of nitrogen functional groups attached to an aromatic ring is 1. The molecular formula is C9H14BrN5O. The van der Waals surface area contributed by atoms with Crippen LogP contribution in [0.3, 0.4) is 0 Å². The number of carbonyl (C=O) groups excluding carboxylic acids is 1. The van der Waals surface area contributed by atoms with Crippen LogP contribution in [0.1, 0.15) is 19.8 Å². The van der Waals surface area contributed by atoms with Crippen molar-refractivity contribution in [3.8, 4) is 0 Å². The van der Waals surface area contributed by atoms with Gasteiger partial charge in [-0.3, -0.25) is 4.79 Å². The summed E-state index contributed by atoms with van der Waals surface area (Å²) < 4.78 is 1.97. The number of amides is 1. The SMILES string of the molecule is CCN(C(=O)Cn1nc(N)nc1Br)C1CC1. The number of likely N-dealkylation sites (N-methyl/N-ethyl adjacent to an activating group) is 1. The van der Waals surface area contributed by atoms with Crippen LogP contribution < -0.4 is 5.73 Å². The molecule has 0 spiro atoms. The third-order valence-electron chi connectivity index (χ3n) is 2.58. The van der Waals surface area contributed by atoms with Gasteiger partial charge in [0, 0.05) is 12.6 Å². The lowest BCUT2D eigenvalue weighted by molar-refractivity contribution is -0.132. The predicted octanol–water partition coefficient (Wildman–Crippen LogP) is 0.634. The van der Waals surface area contributed by atoms with Crippen LogP contribution in [0.2, 0.25) is 0 Å². The molecule has 0 saturated heterocycles. The van der Waals surface area contributed by atoms with Gasteiger partial charge in [0.1, 0.15) is 6.54 Å². The standard InChI is InChI=1S/C9H14BrN5O/c1-2-14(6-3-4-6)7(16)5-15-8(10)12-9(11)13-15/h6H,2-5H2,1H3,(H2,11,13). The highest BCUT2D eigenvalue weighted by Crippen LogP contribution is 2.26. The van der Waals surface area contributed by atoms with Gasteiger partial charge in [-0.15, -0.1) is 5.10 Å². The molecule has 0 aromatic carbocycles. The Balaban J connectivity index is 2.03. The molecule has 7 heteroatoms. The first-order valence-electron chi connectivity index (χ1n) is 5.27. The maximum atomic E-state index is 12.0. The molecule has 1 aliphatic rings. The fourth-order valence-electron chi connectivity index (χ4n) is 1.68. The van der Waals surface area contributed by atoms with Crippen LogP contribution in [-0.4, -0.2) is 38.2 Å². The Bertz CT molecular complexity index is 401. The lowest BCUT2D eigenvalue weighted by Crippen LogP contribution is -2.35. The zero-order valence-electron chi connectivity index (χ0n) is 9.06. The van der Waals surface area contributed by atoms with Crippen LogP contribution in [0.25, 0.3) is 0 Å². The van der Waals surface area contributed by atoms with Crippen LogP contribution >= 0.6 is 15.9 Å². The molecule has 1 aromatic heterocycles. The summed E-state index contributed by atoms with van der Waals surface area (Å²) in [5.74, 6) is 0.241. The summed E-state index contributed by atoms with van der Waals surface area (Å²) in [4.78, 5) is 17.7. The molecule has 1 aromatic rings. The smallest absolute Gasteiger partial charge is 0.244 e. The Hall–Kier alpha value is -1.11. The number of aromatic nitrogens is 3. The highest BCUT2D eigenvalue weighted by molar-refractivity contribution is 9.10. The average molecular weight is 288 g/mol. The van der Waals surface area contributed by atoms with Crippen molar-refractivity contribution in [3.05, 3.63) is 4.73 Å². The first kappa shape index (κ1) is 11.4. The molecule has 1 aliphatic carbocycles. The van der Waals surface area contributed by atoms with E-state index in [1.807, 2.05) is 11.8 Å². The van der Waals surface area contributed by atoms with Crippen molar-refractivity contribution < 1.29 is 4.79 Å². The van der Waals surface area contributed by atoms with Gasteiger partial charge in [0.25, 0.3) is 0 Å². The molecule has 0 unspecified atom stereocenters. The molecule has 1 fully saturated rings. The molecule has 0 atom stereocenters. The number of nitrogens with two attached hydrogens (primary N) is 1. The number of anilines is 1. The minimum Gasteiger partial charge on any atom is -0.366 e. The van der Waals surface area contributed by atoms with E-state index in [-0.39, 0.29) is 18.4 Å². The quantitative estimate of drug-likeness (QED) is 0.881. The van der Waals surface area contributed by atoms with Gasteiger partial charge >= 0.3 is 0 Å². The topological polar surface area (TPSA) is 77.0 Å². The van der Waals surface area contributed by atoms with Crippen molar-refractivity contribution >= 4 is 27.8 Å². The van der Waals surface area contributed by atoms with Gasteiger partial charge in [-0.1, -0.05) is 0 Å². The number of hydrogen-bond donors (Lipinski definition) is 1. The molecule has 0 bridgehead atoms. The predicted molar refractivity (Wildman–Crippen MR) is 62.5 cm³/mol. The van der Waals surface area contributed by atoms with Crippen molar-refractivity contribution in [3.63, 3.8) is 0 Å². The van der Waals surface area contributed by atoms with Crippen molar-refractivity contribution in [1.82, 2.24) is 19.7 Å². The molecule has 88 valence electrons. The average Bonchev–Trinajstić information content (AvgIpc) is 2.97. The molecule has 6 nitrogen and oxygen atoms in total. The van der Waals surface area contributed by atoms with Crippen LogP contribution in [0.5, 0.6) is 0 Å². The molecule has 2 N–H and O–H groups in total. The fraction of sp³-hybridized carbons (Fsp3) is 0.667. The second-order valence-electron chi connectivity index (χ2n) is 3.81. The molecule has 1 amide bonds. The van der Waals surface area contributed by atoms with E-state index in [1.54, 1.807) is 0 Å². The van der Waals surface area contributed by atoms with E-state index in [1.165, 1.54) is 4.68 Å². The Morgan fingerprint density at radius 2 is 2.38 bits per heavy atom. The van der Waals surface area contributed by atoms with E-state index in [9.17, 15) is 4.79 Å². The second-order valence-corrected chi connectivity index (χ2v) is 4.52. The minimum absolute atomic E-state index is 0.0654. The van der Waals surface area contributed by atoms with E-state index in [0.717, 1.165) is 19.4 Å². The van der Waals surface area contributed by atoms with E-state index < -0.39 is 0 Å². The van der Waals surface area contributed by atoms with Gasteiger partial charge in [0.2, 0.25) is 11.9 Å². The summed E-state index contributed by atoms with van der Waals surface area (Å²) in [6.45, 7) is 2.92. The van der Waals surface area contributed by atoms with Crippen molar-refractivity contribution in [1.29, 1.82) is 0 Å². The van der Waals surface area contributed by atoms with Gasteiger partial charge in [0.05, 0.1) is 0 Å². The van der Waals surface area contributed by atoms with Gasteiger partial charge in [0.15, 0.2) is 4.73 Å². The fourth-order valence-corrected chi connectivity index (χ4v) is 2.07. The largest absolute Gasteiger partial charge is 0.366 e. The molecule has 0 aliphatic heterocycles. The third-order valence-corrected chi connectivity index (χ3v) is 3.16. The van der Waals surface area contributed by atoms with Gasteiger partial charge < -0.3 is 10.6 Å². The van der Waals surface area contributed by atoms with E-state index >= 15 is 0 Å². The zero-order valence-corrected chi connectivity index (χ0v) is 10.6. The van der Waals surface area contributed by atoms with Crippen LogP contribution in [0, 0.1) is 0 Å². The summed E-state index contributed by atoms with van der Waals surface area (Å²) in [6, 6.07) is 0.428. The minimum atomic E-state index is 0.0654. The Morgan fingerprint density at radius 1 is 1.69 bits per heavy atom. The number of nitrogens with zero attached hydrogens (tertiary/aromatic N) is 4. The lowest BCUT2D eigenvalue weighted by atomic mass is 10.4. The normalized spacial score (nSPS) is 15.1. The zero-order chi connectivity index (χ0) is 11.7. The molecule has 0 radical (unpaired) electrons. The van der Waals surface area contributed by atoms with Crippen LogP contribution in [0.15, 0.2) is 4.73 Å². The van der Waals surface area contributed by atoms with E-state index in [0.29, 0.717) is 10.8 Å². The summed E-state index contributed by atoms with van der Waals surface area (Å²) in [7, 11) is 0. The monoisotopic (exact) mass is 287 g/mol. The number of hydrogen-bond acceptors (Lipinski definition) is 4.